The van der Waals surface area contributed by atoms with E-state index in [-0.39, 0.29) is 11.8 Å². The van der Waals surface area contributed by atoms with Gasteiger partial charge in [-0.1, -0.05) is 0 Å². The molecule has 1 N–H and O–H groups in total. The first-order chi connectivity index (χ1) is 7.83. The van der Waals surface area contributed by atoms with Crippen LogP contribution in [0.3, 0.4) is 0 Å². The van der Waals surface area contributed by atoms with Gasteiger partial charge in [0, 0.05) is 36.6 Å². The van der Waals surface area contributed by atoms with Gasteiger partial charge >= 0.3 is 0 Å². The van der Waals surface area contributed by atoms with E-state index in [9.17, 15) is 8.42 Å². The highest BCUT2D eigenvalue weighted by Gasteiger charge is 2.11. The van der Waals surface area contributed by atoms with Crippen molar-refractivity contribution in [1.82, 2.24) is 15.1 Å². The maximum Gasteiger partial charge on any atom is 0.148 e. The third-order valence-electron chi connectivity index (χ3n) is 2.70. The molecule has 0 bridgehead atoms. The molecule has 0 fully saturated rings. The van der Waals surface area contributed by atoms with E-state index >= 15 is 0 Å². The summed E-state index contributed by atoms with van der Waals surface area (Å²) in [6, 6.07) is -0.0469. The molecular weight excluding hydrogens is 238 g/mol. The minimum atomic E-state index is -2.92. The summed E-state index contributed by atoms with van der Waals surface area (Å²) in [6.07, 6.45) is 3.09. The van der Waals surface area contributed by atoms with E-state index in [1.807, 2.05) is 31.6 Å². The minimum absolute atomic E-state index is 0.0469. The second-order valence-electron chi connectivity index (χ2n) is 4.45. The van der Waals surface area contributed by atoms with Crippen molar-refractivity contribution in [2.45, 2.75) is 39.9 Å². The number of aromatic nitrogens is 2. The molecule has 1 aromatic rings. The van der Waals surface area contributed by atoms with Crippen LogP contribution in [0.2, 0.25) is 0 Å². The molecule has 0 aliphatic carbocycles. The summed E-state index contributed by atoms with van der Waals surface area (Å²) in [6.45, 7) is 7.45. The molecule has 98 valence electrons. The monoisotopic (exact) mass is 259 g/mol. The molecule has 1 rings (SSSR count). The number of hydrogen-bond donors (Lipinski definition) is 1. The minimum Gasteiger partial charge on any atom is -0.309 e. The van der Waals surface area contributed by atoms with Gasteiger partial charge in [-0.2, -0.15) is 5.10 Å². The summed E-state index contributed by atoms with van der Waals surface area (Å²) in [5.74, 6) is 0.161. The van der Waals surface area contributed by atoms with Gasteiger partial charge in [-0.15, -0.1) is 0 Å². The summed E-state index contributed by atoms with van der Waals surface area (Å²) in [5, 5.41) is 7.45. The molecule has 1 unspecified atom stereocenters. The average molecular weight is 259 g/mol. The number of sulfone groups is 1. The van der Waals surface area contributed by atoms with Gasteiger partial charge in [0.25, 0.3) is 0 Å². The van der Waals surface area contributed by atoms with Crippen molar-refractivity contribution in [3.8, 4) is 0 Å². The summed E-state index contributed by atoms with van der Waals surface area (Å²) in [5.41, 5.74) is 2.25. The molecular formula is C11H21N3O2S. The molecule has 1 aromatic heterocycles. The van der Waals surface area contributed by atoms with Crippen LogP contribution in [0.25, 0.3) is 0 Å². The van der Waals surface area contributed by atoms with Crippen LogP contribution in [-0.2, 0) is 22.9 Å². The smallest absolute Gasteiger partial charge is 0.148 e. The van der Waals surface area contributed by atoms with E-state index in [0.717, 1.165) is 17.8 Å². The molecule has 1 heterocycles. The van der Waals surface area contributed by atoms with Gasteiger partial charge in [-0.05, 0) is 20.8 Å². The number of nitrogens with zero attached hydrogens (tertiary/aromatic N) is 2. The number of hydrogen-bond acceptors (Lipinski definition) is 4. The number of nitrogens with one attached hydrogen (secondary N) is 1. The highest BCUT2D eigenvalue weighted by Crippen LogP contribution is 2.07. The first kappa shape index (κ1) is 14.2. The lowest BCUT2D eigenvalue weighted by Gasteiger charge is -2.12. The Bertz CT molecular complexity index is 465. The second-order valence-corrected chi connectivity index (χ2v) is 6.63. The number of rotatable bonds is 6. The van der Waals surface area contributed by atoms with E-state index in [2.05, 4.69) is 10.4 Å². The van der Waals surface area contributed by atoms with Crippen LogP contribution in [0.15, 0.2) is 6.20 Å². The lowest BCUT2D eigenvalue weighted by molar-refractivity contribution is 0.558. The van der Waals surface area contributed by atoms with Crippen LogP contribution in [0.1, 0.15) is 25.1 Å². The lowest BCUT2D eigenvalue weighted by atomic mass is 10.2. The van der Waals surface area contributed by atoms with Crippen molar-refractivity contribution in [3.05, 3.63) is 17.5 Å². The van der Waals surface area contributed by atoms with Gasteiger partial charge in [0.2, 0.25) is 0 Å². The average Bonchev–Trinajstić information content (AvgIpc) is 2.54. The third kappa shape index (κ3) is 4.47. The zero-order valence-electron chi connectivity index (χ0n) is 10.9. The van der Waals surface area contributed by atoms with Crippen LogP contribution in [0.5, 0.6) is 0 Å². The Morgan fingerprint density at radius 2 is 2.18 bits per heavy atom. The van der Waals surface area contributed by atoms with Crippen LogP contribution in [0.4, 0.5) is 0 Å². The fourth-order valence-corrected chi connectivity index (χ4v) is 2.80. The Hall–Kier alpha value is -0.880. The van der Waals surface area contributed by atoms with E-state index in [1.54, 1.807) is 0 Å². The Kier molecular flexibility index (Phi) is 4.70. The first-order valence-electron chi connectivity index (χ1n) is 5.76. The summed E-state index contributed by atoms with van der Waals surface area (Å²) < 4.78 is 24.2. The molecule has 17 heavy (non-hydrogen) atoms. The highest BCUT2D eigenvalue weighted by atomic mass is 32.2. The van der Waals surface area contributed by atoms with Gasteiger partial charge in [0.1, 0.15) is 9.84 Å². The molecule has 5 nitrogen and oxygen atoms in total. The van der Waals surface area contributed by atoms with Crippen LogP contribution < -0.4 is 5.32 Å². The molecule has 0 aromatic carbocycles. The predicted octanol–water partition coefficient (Wildman–Crippen LogP) is 0.734. The molecule has 0 saturated heterocycles. The Labute approximate surface area is 103 Å². The highest BCUT2D eigenvalue weighted by molar-refractivity contribution is 7.90. The summed E-state index contributed by atoms with van der Waals surface area (Å²) in [7, 11) is -2.92. The standard InChI is InChI=1S/C11H21N3O2S/c1-5-14-10(3)11(7-13-14)6-12-9(2)8-17(4,15)16/h7,9,12H,5-6,8H2,1-4H3. The normalized spacial score (nSPS) is 13.9. The fourth-order valence-electron chi connectivity index (χ4n) is 1.77. The van der Waals surface area contributed by atoms with Gasteiger partial charge in [-0.25, -0.2) is 8.42 Å². The van der Waals surface area contributed by atoms with Crippen LogP contribution in [-0.4, -0.2) is 36.2 Å². The molecule has 0 spiro atoms. The fraction of sp³-hybridized carbons (Fsp3) is 0.727. The van der Waals surface area contributed by atoms with Gasteiger partial charge in [0.15, 0.2) is 0 Å². The Morgan fingerprint density at radius 1 is 1.53 bits per heavy atom. The molecule has 0 aliphatic heterocycles. The van der Waals surface area contributed by atoms with Gasteiger partial charge < -0.3 is 5.32 Å². The van der Waals surface area contributed by atoms with Crippen molar-refractivity contribution in [2.24, 2.45) is 0 Å². The summed E-state index contributed by atoms with van der Waals surface area (Å²) in [4.78, 5) is 0. The molecule has 0 aliphatic rings. The van der Waals surface area contributed by atoms with E-state index in [4.69, 9.17) is 0 Å². The third-order valence-corrected chi connectivity index (χ3v) is 3.80. The van der Waals surface area contributed by atoms with Gasteiger partial charge in [0.05, 0.1) is 11.9 Å². The maximum absolute atomic E-state index is 11.1. The quantitative estimate of drug-likeness (QED) is 0.818. The zero-order valence-corrected chi connectivity index (χ0v) is 11.7. The molecule has 0 saturated carbocycles. The zero-order chi connectivity index (χ0) is 13.1. The Morgan fingerprint density at radius 3 is 2.65 bits per heavy atom. The summed E-state index contributed by atoms with van der Waals surface area (Å²) >= 11 is 0. The lowest BCUT2D eigenvalue weighted by Crippen LogP contribution is -2.32. The van der Waals surface area contributed by atoms with Crippen molar-refractivity contribution < 1.29 is 8.42 Å². The van der Waals surface area contributed by atoms with E-state index in [1.165, 1.54) is 6.26 Å². The van der Waals surface area contributed by atoms with E-state index < -0.39 is 9.84 Å². The number of aryl methyl sites for hydroxylation is 1. The first-order valence-corrected chi connectivity index (χ1v) is 7.82. The van der Waals surface area contributed by atoms with Crippen LogP contribution >= 0.6 is 0 Å². The van der Waals surface area contributed by atoms with E-state index in [0.29, 0.717) is 6.54 Å². The largest absolute Gasteiger partial charge is 0.309 e. The second kappa shape index (κ2) is 5.64. The predicted molar refractivity (Wildman–Crippen MR) is 68.7 cm³/mol. The van der Waals surface area contributed by atoms with Crippen molar-refractivity contribution >= 4 is 9.84 Å². The molecule has 6 heteroatoms. The topological polar surface area (TPSA) is 64.0 Å². The SMILES string of the molecule is CCn1ncc(CNC(C)CS(C)(=O)=O)c1C. The molecule has 0 amide bonds. The van der Waals surface area contributed by atoms with Crippen LogP contribution in [0, 0.1) is 6.92 Å². The van der Waals surface area contributed by atoms with Crippen molar-refractivity contribution in [1.29, 1.82) is 0 Å². The van der Waals surface area contributed by atoms with Gasteiger partial charge in [-0.3, -0.25) is 4.68 Å². The van der Waals surface area contributed by atoms with Crippen molar-refractivity contribution in [2.75, 3.05) is 12.0 Å². The molecule has 1 atom stereocenters. The molecule has 0 radical (unpaired) electrons. The Balaban J connectivity index is 2.53. The maximum atomic E-state index is 11.1. The van der Waals surface area contributed by atoms with Crippen molar-refractivity contribution in [3.63, 3.8) is 0 Å².